The van der Waals surface area contributed by atoms with E-state index >= 15 is 0 Å². The number of thiophene rings is 1. The summed E-state index contributed by atoms with van der Waals surface area (Å²) in [7, 11) is 1.41. The predicted molar refractivity (Wildman–Crippen MR) is 110 cm³/mol. The first-order valence-electron chi connectivity index (χ1n) is 8.52. The van der Waals surface area contributed by atoms with Gasteiger partial charge in [0.2, 0.25) is 0 Å². The molecule has 2 N–H and O–H groups in total. The summed E-state index contributed by atoms with van der Waals surface area (Å²) < 4.78 is 5.14. The SMILES string of the molecule is COc1ccc([N+](=O)[O-])cc1NC(=O)c1ccc(CNC(=O)c2cccs2)cc1. The minimum Gasteiger partial charge on any atom is -0.495 e. The van der Waals surface area contributed by atoms with E-state index in [4.69, 9.17) is 4.74 Å². The molecule has 0 bridgehead atoms. The Labute approximate surface area is 170 Å². The number of nitrogens with zero attached hydrogens (tertiary/aromatic N) is 1. The van der Waals surface area contributed by atoms with Crippen LogP contribution in [0.15, 0.2) is 60.0 Å². The Morgan fingerprint density at radius 1 is 1.10 bits per heavy atom. The van der Waals surface area contributed by atoms with Crippen molar-refractivity contribution in [2.75, 3.05) is 12.4 Å². The average molecular weight is 411 g/mol. The molecular weight excluding hydrogens is 394 g/mol. The van der Waals surface area contributed by atoms with Crippen LogP contribution in [0.3, 0.4) is 0 Å². The van der Waals surface area contributed by atoms with E-state index in [2.05, 4.69) is 10.6 Å². The van der Waals surface area contributed by atoms with Crippen LogP contribution in [0.1, 0.15) is 25.6 Å². The highest BCUT2D eigenvalue weighted by atomic mass is 32.1. The highest BCUT2D eigenvalue weighted by Gasteiger charge is 2.15. The van der Waals surface area contributed by atoms with Gasteiger partial charge in [0.05, 0.1) is 22.6 Å². The third-order valence-corrected chi connectivity index (χ3v) is 4.92. The molecule has 0 spiro atoms. The standard InChI is InChI=1S/C20H17N3O5S/c1-28-17-9-8-15(23(26)27)11-16(17)22-19(24)14-6-4-13(5-7-14)12-21-20(25)18-3-2-10-29-18/h2-11H,12H2,1H3,(H,21,25)(H,22,24). The average Bonchev–Trinajstić information content (AvgIpc) is 3.27. The van der Waals surface area contributed by atoms with Crippen molar-refractivity contribution in [2.24, 2.45) is 0 Å². The molecule has 0 atom stereocenters. The Morgan fingerprint density at radius 3 is 2.48 bits per heavy atom. The summed E-state index contributed by atoms with van der Waals surface area (Å²) in [6.07, 6.45) is 0. The van der Waals surface area contributed by atoms with Crippen molar-refractivity contribution in [2.45, 2.75) is 6.54 Å². The lowest BCUT2D eigenvalue weighted by atomic mass is 10.1. The number of ether oxygens (including phenoxy) is 1. The molecule has 1 aromatic heterocycles. The molecule has 8 nitrogen and oxygen atoms in total. The normalized spacial score (nSPS) is 10.2. The molecule has 1 heterocycles. The molecule has 2 aromatic carbocycles. The van der Waals surface area contributed by atoms with E-state index in [1.54, 1.807) is 30.3 Å². The van der Waals surface area contributed by atoms with Crippen molar-refractivity contribution >= 4 is 34.5 Å². The zero-order chi connectivity index (χ0) is 20.8. The van der Waals surface area contributed by atoms with E-state index in [1.165, 1.54) is 36.6 Å². The van der Waals surface area contributed by atoms with Gasteiger partial charge >= 0.3 is 0 Å². The molecule has 29 heavy (non-hydrogen) atoms. The second-order valence-electron chi connectivity index (χ2n) is 5.95. The number of hydrogen-bond donors (Lipinski definition) is 2. The van der Waals surface area contributed by atoms with Crippen LogP contribution in [0.4, 0.5) is 11.4 Å². The molecule has 0 aliphatic heterocycles. The molecule has 9 heteroatoms. The van der Waals surface area contributed by atoms with Crippen LogP contribution in [-0.4, -0.2) is 23.8 Å². The van der Waals surface area contributed by atoms with E-state index in [0.29, 0.717) is 22.7 Å². The Bertz CT molecular complexity index is 1030. The van der Waals surface area contributed by atoms with Gasteiger partial charge in [0, 0.05) is 24.2 Å². The summed E-state index contributed by atoms with van der Waals surface area (Å²) in [4.78, 5) is 35.5. The monoisotopic (exact) mass is 411 g/mol. The molecule has 0 aliphatic rings. The fourth-order valence-electron chi connectivity index (χ4n) is 2.55. The van der Waals surface area contributed by atoms with Gasteiger partial charge in [-0.1, -0.05) is 18.2 Å². The number of rotatable bonds is 7. The quantitative estimate of drug-likeness (QED) is 0.453. The Hall–Kier alpha value is -3.72. The van der Waals surface area contributed by atoms with Crippen molar-refractivity contribution in [3.8, 4) is 5.75 Å². The Kier molecular flexibility index (Phi) is 6.20. The lowest BCUT2D eigenvalue weighted by molar-refractivity contribution is -0.384. The van der Waals surface area contributed by atoms with E-state index in [0.717, 1.165) is 5.56 Å². The molecule has 0 saturated carbocycles. The van der Waals surface area contributed by atoms with Crippen LogP contribution in [0, 0.1) is 10.1 Å². The lowest BCUT2D eigenvalue weighted by Crippen LogP contribution is -2.21. The van der Waals surface area contributed by atoms with Gasteiger partial charge in [-0.25, -0.2) is 0 Å². The molecule has 0 saturated heterocycles. The predicted octanol–water partition coefficient (Wildman–Crippen LogP) is 3.85. The maximum absolute atomic E-state index is 12.5. The van der Waals surface area contributed by atoms with Crippen molar-refractivity contribution in [1.82, 2.24) is 5.32 Å². The van der Waals surface area contributed by atoms with E-state index in [1.807, 2.05) is 11.4 Å². The van der Waals surface area contributed by atoms with Gasteiger partial charge in [-0.05, 0) is 35.2 Å². The topological polar surface area (TPSA) is 111 Å². The number of anilines is 1. The number of amides is 2. The summed E-state index contributed by atoms with van der Waals surface area (Å²) >= 11 is 1.36. The molecule has 0 aliphatic carbocycles. The molecule has 0 unspecified atom stereocenters. The number of methoxy groups -OCH3 is 1. The molecule has 0 fully saturated rings. The number of carbonyl (C=O) groups is 2. The van der Waals surface area contributed by atoms with Gasteiger partial charge in [0.25, 0.3) is 17.5 Å². The first-order chi connectivity index (χ1) is 14.0. The second-order valence-corrected chi connectivity index (χ2v) is 6.90. The number of carbonyl (C=O) groups excluding carboxylic acids is 2. The molecule has 3 rings (SSSR count). The van der Waals surface area contributed by atoms with Crippen molar-refractivity contribution in [3.05, 3.63) is 86.1 Å². The fraction of sp³-hybridized carbons (Fsp3) is 0.100. The van der Waals surface area contributed by atoms with Crippen molar-refractivity contribution in [1.29, 1.82) is 0 Å². The third-order valence-electron chi connectivity index (χ3n) is 4.06. The van der Waals surface area contributed by atoms with E-state index < -0.39 is 10.8 Å². The first-order valence-corrected chi connectivity index (χ1v) is 9.40. The highest BCUT2D eigenvalue weighted by molar-refractivity contribution is 7.12. The number of nitro benzene ring substituents is 1. The summed E-state index contributed by atoms with van der Waals surface area (Å²) in [5.41, 5.74) is 1.25. The van der Waals surface area contributed by atoms with Crippen LogP contribution in [-0.2, 0) is 6.54 Å². The van der Waals surface area contributed by atoms with Gasteiger partial charge in [0.1, 0.15) is 5.75 Å². The summed E-state index contributed by atoms with van der Waals surface area (Å²) in [6, 6.07) is 14.2. The molecule has 0 radical (unpaired) electrons. The Balaban J connectivity index is 1.65. The number of nitro groups is 1. The maximum atomic E-state index is 12.5. The Morgan fingerprint density at radius 2 is 1.86 bits per heavy atom. The minimum absolute atomic E-state index is 0.153. The molecular formula is C20H17N3O5S. The van der Waals surface area contributed by atoms with Gasteiger partial charge in [-0.2, -0.15) is 0 Å². The number of nitrogens with one attached hydrogen (secondary N) is 2. The van der Waals surface area contributed by atoms with Gasteiger partial charge in [-0.15, -0.1) is 11.3 Å². The van der Waals surface area contributed by atoms with Crippen molar-refractivity contribution < 1.29 is 19.2 Å². The number of benzene rings is 2. The third kappa shape index (κ3) is 4.96. The summed E-state index contributed by atoms with van der Waals surface area (Å²) in [5.74, 6) is -0.269. The second kappa shape index (κ2) is 8.98. The van der Waals surface area contributed by atoms with Crippen LogP contribution in [0.2, 0.25) is 0 Å². The first kappa shape index (κ1) is 20.0. The minimum atomic E-state index is -0.547. The number of hydrogen-bond acceptors (Lipinski definition) is 6. The zero-order valence-corrected chi connectivity index (χ0v) is 16.2. The van der Waals surface area contributed by atoms with Crippen LogP contribution in [0.25, 0.3) is 0 Å². The van der Waals surface area contributed by atoms with Gasteiger partial charge in [0.15, 0.2) is 0 Å². The molecule has 3 aromatic rings. The maximum Gasteiger partial charge on any atom is 0.271 e. The van der Waals surface area contributed by atoms with Gasteiger partial charge in [-0.3, -0.25) is 19.7 Å². The molecule has 2 amide bonds. The van der Waals surface area contributed by atoms with Crippen LogP contribution in [0.5, 0.6) is 5.75 Å². The highest BCUT2D eigenvalue weighted by Crippen LogP contribution is 2.29. The summed E-state index contributed by atoms with van der Waals surface area (Å²) in [5, 5.41) is 18.2. The van der Waals surface area contributed by atoms with Crippen LogP contribution < -0.4 is 15.4 Å². The smallest absolute Gasteiger partial charge is 0.271 e. The molecule has 148 valence electrons. The number of non-ortho nitro benzene ring substituents is 1. The van der Waals surface area contributed by atoms with Gasteiger partial charge < -0.3 is 15.4 Å². The van der Waals surface area contributed by atoms with Crippen LogP contribution >= 0.6 is 11.3 Å². The summed E-state index contributed by atoms with van der Waals surface area (Å²) in [6.45, 7) is 0.331. The fourth-order valence-corrected chi connectivity index (χ4v) is 3.19. The van der Waals surface area contributed by atoms with E-state index in [-0.39, 0.29) is 17.3 Å². The largest absolute Gasteiger partial charge is 0.495 e. The lowest BCUT2D eigenvalue weighted by Gasteiger charge is -2.10. The van der Waals surface area contributed by atoms with E-state index in [9.17, 15) is 19.7 Å². The van der Waals surface area contributed by atoms with Crippen molar-refractivity contribution in [3.63, 3.8) is 0 Å². The zero-order valence-electron chi connectivity index (χ0n) is 15.4.